The number of hydrogen-bond donors (Lipinski definition) is 1. The van der Waals surface area contributed by atoms with Crippen LogP contribution in [-0.4, -0.2) is 4.98 Å². The van der Waals surface area contributed by atoms with Crippen molar-refractivity contribution in [2.24, 2.45) is 5.92 Å². The Kier molecular flexibility index (Phi) is 4.91. The van der Waals surface area contributed by atoms with Crippen molar-refractivity contribution in [3.05, 3.63) is 51.9 Å². The molecule has 0 fully saturated rings. The molecule has 0 saturated carbocycles. The highest BCUT2D eigenvalue weighted by molar-refractivity contribution is 6.36. The van der Waals surface area contributed by atoms with E-state index >= 15 is 0 Å². The van der Waals surface area contributed by atoms with Crippen molar-refractivity contribution < 1.29 is 9.13 Å². The fourth-order valence-electron chi connectivity index (χ4n) is 1.97. The standard InChI is InChI=1S/C15H15Cl2FN2O/c1-8(2)14(21-11-4-3-7-20-15(11)19)12-9(16)5-6-10(18)13(12)17/h3-8,14H,1-2H3,(H2,19,20). The molecule has 1 aromatic heterocycles. The Morgan fingerprint density at radius 2 is 1.95 bits per heavy atom. The molecule has 1 atom stereocenters. The summed E-state index contributed by atoms with van der Waals surface area (Å²) < 4.78 is 19.6. The largest absolute Gasteiger partial charge is 0.481 e. The first-order chi connectivity index (χ1) is 9.91. The van der Waals surface area contributed by atoms with Crippen LogP contribution in [0.15, 0.2) is 30.5 Å². The number of halogens is 3. The lowest BCUT2D eigenvalue weighted by molar-refractivity contribution is 0.154. The van der Waals surface area contributed by atoms with E-state index in [2.05, 4.69) is 4.98 Å². The minimum Gasteiger partial charge on any atom is -0.481 e. The number of nitrogens with zero attached hydrogens (tertiary/aromatic N) is 1. The quantitative estimate of drug-likeness (QED) is 0.813. The third-order valence-electron chi connectivity index (χ3n) is 3.02. The molecule has 0 saturated heterocycles. The van der Waals surface area contributed by atoms with E-state index < -0.39 is 11.9 Å². The first-order valence-corrected chi connectivity index (χ1v) is 7.18. The van der Waals surface area contributed by atoms with Gasteiger partial charge in [0.05, 0.1) is 5.02 Å². The van der Waals surface area contributed by atoms with Crippen LogP contribution in [0.1, 0.15) is 25.5 Å². The summed E-state index contributed by atoms with van der Waals surface area (Å²) in [6, 6.07) is 6.09. The highest BCUT2D eigenvalue weighted by atomic mass is 35.5. The molecule has 2 N–H and O–H groups in total. The summed E-state index contributed by atoms with van der Waals surface area (Å²) in [5.74, 6) is 0.130. The molecule has 0 aliphatic heterocycles. The number of ether oxygens (including phenoxy) is 1. The minimum absolute atomic E-state index is 0.00130. The van der Waals surface area contributed by atoms with Crippen LogP contribution >= 0.6 is 23.2 Å². The van der Waals surface area contributed by atoms with Crippen LogP contribution in [0.25, 0.3) is 0 Å². The van der Waals surface area contributed by atoms with Crippen LogP contribution in [0, 0.1) is 11.7 Å². The molecule has 6 heteroatoms. The van der Waals surface area contributed by atoms with Gasteiger partial charge in [-0.3, -0.25) is 0 Å². The van der Waals surface area contributed by atoms with Crippen LogP contribution in [0.2, 0.25) is 10.0 Å². The van der Waals surface area contributed by atoms with Gasteiger partial charge >= 0.3 is 0 Å². The van der Waals surface area contributed by atoms with Gasteiger partial charge in [-0.15, -0.1) is 0 Å². The molecule has 112 valence electrons. The van der Waals surface area contributed by atoms with Crippen molar-refractivity contribution in [1.82, 2.24) is 4.98 Å². The Morgan fingerprint density at radius 1 is 1.24 bits per heavy atom. The summed E-state index contributed by atoms with van der Waals surface area (Å²) in [5, 5.41) is 0.311. The zero-order chi connectivity index (χ0) is 15.6. The predicted octanol–water partition coefficient (Wildman–Crippen LogP) is 4.89. The van der Waals surface area contributed by atoms with Gasteiger partial charge in [0.1, 0.15) is 11.9 Å². The van der Waals surface area contributed by atoms with Crippen LogP contribution in [0.3, 0.4) is 0 Å². The molecule has 0 aliphatic rings. The summed E-state index contributed by atoms with van der Waals surface area (Å²) in [5.41, 5.74) is 6.19. The Labute approximate surface area is 132 Å². The van der Waals surface area contributed by atoms with Gasteiger partial charge in [0, 0.05) is 16.8 Å². The van der Waals surface area contributed by atoms with E-state index in [-0.39, 0.29) is 16.8 Å². The van der Waals surface area contributed by atoms with E-state index in [1.54, 1.807) is 18.3 Å². The monoisotopic (exact) mass is 328 g/mol. The van der Waals surface area contributed by atoms with Gasteiger partial charge in [0.2, 0.25) is 0 Å². The van der Waals surface area contributed by atoms with Gasteiger partial charge < -0.3 is 10.5 Å². The van der Waals surface area contributed by atoms with Crippen molar-refractivity contribution in [2.45, 2.75) is 20.0 Å². The maximum absolute atomic E-state index is 13.7. The zero-order valence-electron chi connectivity index (χ0n) is 11.6. The molecule has 0 aliphatic carbocycles. The van der Waals surface area contributed by atoms with Gasteiger partial charge in [0.25, 0.3) is 0 Å². The highest BCUT2D eigenvalue weighted by Gasteiger charge is 2.26. The first-order valence-electron chi connectivity index (χ1n) is 6.42. The highest BCUT2D eigenvalue weighted by Crippen LogP contribution is 2.39. The Hall–Kier alpha value is -1.52. The van der Waals surface area contributed by atoms with E-state index in [1.807, 2.05) is 13.8 Å². The summed E-state index contributed by atoms with van der Waals surface area (Å²) >= 11 is 12.2. The van der Waals surface area contributed by atoms with Crippen molar-refractivity contribution >= 4 is 29.0 Å². The molecule has 1 heterocycles. The summed E-state index contributed by atoms with van der Waals surface area (Å²) in [7, 11) is 0. The Morgan fingerprint density at radius 3 is 2.57 bits per heavy atom. The van der Waals surface area contributed by atoms with Gasteiger partial charge in [0.15, 0.2) is 11.6 Å². The van der Waals surface area contributed by atoms with Gasteiger partial charge in [-0.2, -0.15) is 0 Å². The molecule has 1 unspecified atom stereocenters. The topological polar surface area (TPSA) is 48.1 Å². The maximum atomic E-state index is 13.7. The molecular weight excluding hydrogens is 314 g/mol. The maximum Gasteiger partial charge on any atom is 0.166 e. The number of hydrogen-bond acceptors (Lipinski definition) is 3. The van der Waals surface area contributed by atoms with Crippen LogP contribution in [-0.2, 0) is 0 Å². The van der Waals surface area contributed by atoms with Crippen molar-refractivity contribution in [2.75, 3.05) is 5.73 Å². The van der Waals surface area contributed by atoms with E-state index in [0.29, 0.717) is 16.3 Å². The zero-order valence-corrected chi connectivity index (χ0v) is 13.1. The van der Waals surface area contributed by atoms with Crippen molar-refractivity contribution in [3.63, 3.8) is 0 Å². The van der Waals surface area contributed by atoms with E-state index in [1.165, 1.54) is 12.1 Å². The Balaban J connectivity index is 2.46. The average molecular weight is 329 g/mol. The molecular formula is C15H15Cl2FN2O. The predicted molar refractivity (Wildman–Crippen MR) is 83.3 cm³/mol. The number of nitrogen functional groups attached to an aromatic ring is 1. The smallest absolute Gasteiger partial charge is 0.166 e. The van der Waals surface area contributed by atoms with Crippen LogP contribution < -0.4 is 10.5 Å². The molecule has 1 aromatic carbocycles. The number of benzene rings is 1. The van der Waals surface area contributed by atoms with Gasteiger partial charge in [-0.05, 0) is 30.2 Å². The summed E-state index contributed by atoms with van der Waals surface area (Å²) in [4.78, 5) is 3.96. The summed E-state index contributed by atoms with van der Waals surface area (Å²) in [6.45, 7) is 3.85. The molecule has 0 spiro atoms. The Bertz CT molecular complexity index is 650. The number of pyridine rings is 1. The van der Waals surface area contributed by atoms with E-state index in [4.69, 9.17) is 33.7 Å². The number of aromatic nitrogens is 1. The molecule has 0 radical (unpaired) electrons. The number of rotatable bonds is 4. The van der Waals surface area contributed by atoms with Gasteiger partial charge in [-0.1, -0.05) is 37.0 Å². The van der Waals surface area contributed by atoms with Crippen molar-refractivity contribution in [1.29, 1.82) is 0 Å². The molecule has 0 amide bonds. The lowest BCUT2D eigenvalue weighted by atomic mass is 9.98. The van der Waals surface area contributed by atoms with E-state index in [9.17, 15) is 4.39 Å². The summed E-state index contributed by atoms with van der Waals surface area (Å²) in [6.07, 6.45) is 1.03. The third-order valence-corrected chi connectivity index (χ3v) is 3.74. The molecule has 3 nitrogen and oxygen atoms in total. The van der Waals surface area contributed by atoms with Crippen LogP contribution in [0.5, 0.6) is 5.75 Å². The second-order valence-electron chi connectivity index (χ2n) is 4.93. The SMILES string of the molecule is CC(C)C(Oc1cccnc1N)c1c(Cl)ccc(F)c1Cl. The molecule has 21 heavy (non-hydrogen) atoms. The molecule has 0 bridgehead atoms. The lowest BCUT2D eigenvalue weighted by Crippen LogP contribution is -2.16. The lowest BCUT2D eigenvalue weighted by Gasteiger charge is -2.25. The van der Waals surface area contributed by atoms with Crippen molar-refractivity contribution in [3.8, 4) is 5.75 Å². The van der Waals surface area contributed by atoms with Crippen LogP contribution in [0.4, 0.5) is 10.2 Å². The van der Waals surface area contributed by atoms with E-state index in [0.717, 1.165) is 0 Å². The molecule has 2 rings (SSSR count). The fraction of sp³-hybridized carbons (Fsp3) is 0.267. The average Bonchev–Trinajstić information content (AvgIpc) is 2.44. The number of nitrogens with two attached hydrogens (primary N) is 1. The second kappa shape index (κ2) is 6.50. The third kappa shape index (κ3) is 3.39. The first kappa shape index (κ1) is 15.9. The fourth-order valence-corrected chi connectivity index (χ4v) is 2.56. The number of anilines is 1. The normalized spacial score (nSPS) is 12.5. The molecule has 2 aromatic rings. The van der Waals surface area contributed by atoms with Gasteiger partial charge in [-0.25, -0.2) is 9.37 Å². The second-order valence-corrected chi connectivity index (χ2v) is 5.71. The minimum atomic E-state index is -0.538.